The fourth-order valence-corrected chi connectivity index (χ4v) is 4.06. The monoisotopic (exact) mass is 372 g/mol. The van der Waals surface area contributed by atoms with E-state index in [0.29, 0.717) is 12.8 Å². The number of aromatic nitrogens is 1. The zero-order chi connectivity index (χ0) is 19.3. The van der Waals surface area contributed by atoms with Crippen LogP contribution in [0.1, 0.15) is 57.7 Å². The minimum absolute atomic E-state index is 0.0392. The zero-order valence-electron chi connectivity index (χ0n) is 15.0. The first-order valence-corrected chi connectivity index (χ1v) is 8.67. The summed E-state index contributed by atoms with van der Waals surface area (Å²) in [6.45, 7) is 5.29. The van der Waals surface area contributed by atoms with Crippen molar-refractivity contribution in [1.82, 2.24) is 9.88 Å². The van der Waals surface area contributed by atoms with Gasteiger partial charge in [0.05, 0.1) is 5.60 Å². The first kappa shape index (κ1) is 18.9. The van der Waals surface area contributed by atoms with Gasteiger partial charge < -0.3 is 14.7 Å². The van der Waals surface area contributed by atoms with Crippen LogP contribution in [-0.4, -0.2) is 38.8 Å². The summed E-state index contributed by atoms with van der Waals surface area (Å²) in [6.07, 6.45) is -2.71. The summed E-state index contributed by atoms with van der Waals surface area (Å²) in [4.78, 5) is 17.5. The fourth-order valence-electron chi connectivity index (χ4n) is 4.06. The average molecular weight is 372 g/mol. The summed E-state index contributed by atoms with van der Waals surface area (Å²) in [5, 5.41) is 11.1. The molecule has 2 aliphatic rings. The Labute approximate surface area is 150 Å². The van der Waals surface area contributed by atoms with E-state index in [2.05, 4.69) is 4.98 Å². The van der Waals surface area contributed by atoms with Crippen LogP contribution in [0.3, 0.4) is 0 Å². The van der Waals surface area contributed by atoms with Crippen molar-refractivity contribution in [3.05, 3.63) is 29.6 Å². The van der Waals surface area contributed by atoms with Gasteiger partial charge >= 0.3 is 12.3 Å². The predicted molar refractivity (Wildman–Crippen MR) is 87.3 cm³/mol. The number of alkyl halides is 3. The van der Waals surface area contributed by atoms with E-state index in [4.69, 9.17) is 4.74 Å². The first-order valence-electron chi connectivity index (χ1n) is 8.67. The highest BCUT2D eigenvalue weighted by Gasteiger charge is 2.53. The Morgan fingerprint density at radius 2 is 1.85 bits per heavy atom. The van der Waals surface area contributed by atoms with Gasteiger partial charge in [0.1, 0.15) is 11.3 Å². The maximum Gasteiger partial charge on any atom is 0.433 e. The molecule has 5 nitrogen and oxygen atoms in total. The van der Waals surface area contributed by atoms with E-state index in [1.165, 1.54) is 12.1 Å². The van der Waals surface area contributed by atoms with Crippen molar-refractivity contribution in [3.63, 3.8) is 0 Å². The van der Waals surface area contributed by atoms with Crippen LogP contribution in [0.5, 0.6) is 0 Å². The molecule has 2 atom stereocenters. The lowest BCUT2D eigenvalue weighted by molar-refractivity contribution is -0.146. The summed E-state index contributed by atoms with van der Waals surface area (Å²) in [7, 11) is 0. The fraction of sp³-hybridized carbons (Fsp3) is 0.667. The molecule has 2 fully saturated rings. The van der Waals surface area contributed by atoms with Gasteiger partial charge in [-0.3, -0.25) is 4.98 Å². The molecule has 3 rings (SSSR count). The van der Waals surface area contributed by atoms with Gasteiger partial charge in [-0.05, 0) is 39.7 Å². The smallest absolute Gasteiger partial charge is 0.433 e. The van der Waals surface area contributed by atoms with E-state index in [1.807, 2.05) is 0 Å². The molecule has 2 aliphatic heterocycles. The van der Waals surface area contributed by atoms with Crippen LogP contribution in [0.15, 0.2) is 18.3 Å². The molecule has 8 heteroatoms. The molecular formula is C18H23F3N2O3. The Hall–Kier alpha value is -1.83. The molecule has 144 valence electrons. The second-order valence-corrected chi connectivity index (χ2v) is 8.11. The number of carbonyl (C=O) groups excluding carboxylic acids is 1. The SMILES string of the molecule is CC(C)(C)OC(=O)N1C2CCC1CC(O)(c1cccnc1C(F)(F)F)C2. The van der Waals surface area contributed by atoms with E-state index in [-0.39, 0.29) is 30.5 Å². The van der Waals surface area contributed by atoms with Crippen molar-refractivity contribution in [3.8, 4) is 0 Å². The van der Waals surface area contributed by atoms with Gasteiger partial charge in [0.25, 0.3) is 0 Å². The molecular weight excluding hydrogens is 349 g/mol. The average Bonchev–Trinajstić information content (AvgIpc) is 2.78. The van der Waals surface area contributed by atoms with Crippen molar-refractivity contribution in [2.75, 3.05) is 0 Å². The minimum atomic E-state index is -4.65. The molecule has 2 unspecified atom stereocenters. The number of fused-ring (bicyclic) bond motifs is 2. The first-order chi connectivity index (χ1) is 11.9. The maximum atomic E-state index is 13.3. The molecule has 2 saturated heterocycles. The predicted octanol–water partition coefficient (Wildman–Crippen LogP) is 3.85. The number of rotatable bonds is 1. The lowest BCUT2D eigenvalue weighted by Crippen LogP contribution is -2.53. The number of pyridine rings is 1. The molecule has 3 heterocycles. The third-order valence-corrected chi connectivity index (χ3v) is 4.95. The molecule has 2 bridgehead atoms. The molecule has 0 saturated carbocycles. The van der Waals surface area contributed by atoms with Crippen molar-refractivity contribution in [1.29, 1.82) is 0 Å². The number of hydrogen-bond donors (Lipinski definition) is 1. The number of halogens is 3. The number of ether oxygens (including phenoxy) is 1. The van der Waals surface area contributed by atoms with Crippen LogP contribution in [0.25, 0.3) is 0 Å². The highest BCUT2D eigenvalue weighted by Crippen LogP contribution is 2.48. The summed E-state index contributed by atoms with van der Waals surface area (Å²) in [6, 6.07) is 1.97. The van der Waals surface area contributed by atoms with Crippen molar-refractivity contribution >= 4 is 6.09 Å². The third kappa shape index (κ3) is 3.51. The second kappa shape index (κ2) is 6.11. The normalized spacial score (nSPS) is 29.0. The molecule has 0 aromatic carbocycles. The zero-order valence-corrected chi connectivity index (χ0v) is 15.0. The van der Waals surface area contributed by atoms with E-state index in [1.54, 1.807) is 25.7 Å². The molecule has 26 heavy (non-hydrogen) atoms. The Morgan fingerprint density at radius 3 is 2.35 bits per heavy atom. The molecule has 0 aliphatic carbocycles. The molecule has 1 amide bonds. The van der Waals surface area contributed by atoms with Crippen LogP contribution in [0.2, 0.25) is 0 Å². The minimum Gasteiger partial charge on any atom is -0.444 e. The summed E-state index contributed by atoms with van der Waals surface area (Å²) < 4.78 is 45.4. The lowest BCUT2D eigenvalue weighted by Gasteiger charge is -2.44. The molecule has 1 N–H and O–H groups in total. The highest BCUT2D eigenvalue weighted by atomic mass is 19.4. The van der Waals surface area contributed by atoms with Crippen molar-refractivity contribution in [2.45, 2.75) is 75.9 Å². The number of hydrogen-bond acceptors (Lipinski definition) is 4. The topological polar surface area (TPSA) is 62.7 Å². The quantitative estimate of drug-likeness (QED) is 0.813. The molecule has 0 radical (unpaired) electrons. The third-order valence-electron chi connectivity index (χ3n) is 4.95. The van der Waals surface area contributed by atoms with Gasteiger partial charge in [-0.25, -0.2) is 4.79 Å². The number of amides is 1. The largest absolute Gasteiger partial charge is 0.444 e. The number of piperidine rings is 1. The van der Waals surface area contributed by atoms with Crippen LogP contribution < -0.4 is 0 Å². The Kier molecular flexibility index (Phi) is 4.45. The number of nitrogens with zero attached hydrogens (tertiary/aromatic N) is 2. The van der Waals surface area contributed by atoms with Crippen molar-refractivity contribution in [2.24, 2.45) is 0 Å². The Bertz CT molecular complexity index is 686. The number of carbonyl (C=O) groups is 1. The van der Waals surface area contributed by atoms with E-state index in [0.717, 1.165) is 6.20 Å². The van der Waals surface area contributed by atoms with Gasteiger partial charge in [0.15, 0.2) is 0 Å². The second-order valence-electron chi connectivity index (χ2n) is 8.11. The molecule has 1 aromatic rings. The van der Waals surface area contributed by atoms with E-state index in [9.17, 15) is 23.1 Å². The summed E-state index contributed by atoms with van der Waals surface area (Å²) >= 11 is 0. The van der Waals surface area contributed by atoms with Crippen LogP contribution in [-0.2, 0) is 16.5 Å². The van der Waals surface area contributed by atoms with Gasteiger partial charge in [-0.2, -0.15) is 13.2 Å². The van der Waals surface area contributed by atoms with Gasteiger partial charge in [-0.15, -0.1) is 0 Å². The number of aliphatic hydroxyl groups is 1. The highest BCUT2D eigenvalue weighted by molar-refractivity contribution is 5.70. The summed E-state index contributed by atoms with van der Waals surface area (Å²) in [5.74, 6) is 0. The van der Waals surface area contributed by atoms with Gasteiger partial charge in [0, 0.05) is 36.7 Å². The lowest BCUT2D eigenvalue weighted by atomic mass is 9.79. The van der Waals surface area contributed by atoms with Gasteiger partial charge in [-0.1, -0.05) is 6.07 Å². The van der Waals surface area contributed by atoms with Crippen molar-refractivity contribution < 1.29 is 27.8 Å². The molecule has 0 spiro atoms. The van der Waals surface area contributed by atoms with Crippen LogP contribution in [0, 0.1) is 0 Å². The Balaban J connectivity index is 1.88. The van der Waals surface area contributed by atoms with Gasteiger partial charge in [0.2, 0.25) is 0 Å². The van der Waals surface area contributed by atoms with E-state index >= 15 is 0 Å². The standard InChI is InChI=1S/C18H23F3N2O3/c1-16(2,3)26-15(24)23-11-6-7-12(23)10-17(25,9-11)13-5-4-8-22-14(13)18(19,20)21/h4-5,8,11-12,25H,6-7,9-10H2,1-3H3. The van der Waals surface area contributed by atoms with E-state index < -0.39 is 29.2 Å². The van der Waals surface area contributed by atoms with Crippen LogP contribution >= 0.6 is 0 Å². The summed E-state index contributed by atoms with van der Waals surface area (Å²) in [5.41, 5.74) is -3.60. The maximum absolute atomic E-state index is 13.3. The van der Waals surface area contributed by atoms with Crippen LogP contribution in [0.4, 0.5) is 18.0 Å². The molecule has 1 aromatic heterocycles. The Morgan fingerprint density at radius 1 is 1.27 bits per heavy atom.